The number of nitrogens with two attached hydrogens (primary N) is 1. The molecule has 0 bridgehead atoms. The highest BCUT2D eigenvalue weighted by molar-refractivity contribution is 9.10. The van der Waals surface area contributed by atoms with Crippen molar-refractivity contribution < 1.29 is 10.2 Å². The molecule has 0 amide bonds. The van der Waals surface area contributed by atoms with E-state index in [2.05, 4.69) is 22.9 Å². The Kier molecular flexibility index (Phi) is 5.25. The molecule has 0 saturated carbocycles. The van der Waals surface area contributed by atoms with Gasteiger partial charge in [0.25, 0.3) is 0 Å². The average molecular weight is 288 g/mol. The molecule has 4 heteroatoms. The van der Waals surface area contributed by atoms with Gasteiger partial charge in [-0.3, -0.25) is 0 Å². The molecule has 1 aromatic carbocycles. The zero-order valence-electron chi connectivity index (χ0n) is 9.36. The molecule has 3 nitrogen and oxygen atoms in total. The van der Waals surface area contributed by atoms with E-state index in [1.165, 1.54) is 0 Å². The van der Waals surface area contributed by atoms with Crippen molar-refractivity contribution in [2.75, 3.05) is 0 Å². The largest absolute Gasteiger partial charge is 0.508 e. The monoisotopic (exact) mass is 287 g/mol. The number of rotatable bonds is 5. The lowest BCUT2D eigenvalue weighted by atomic mass is 9.98. The third-order valence-electron chi connectivity index (χ3n) is 2.62. The van der Waals surface area contributed by atoms with E-state index in [9.17, 15) is 10.2 Å². The van der Waals surface area contributed by atoms with Crippen LogP contribution in [-0.4, -0.2) is 16.3 Å². The van der Waals surface area contributed by atoms with Crippen molar-refractivity contribution in [3.8, 4) is 5.75 Å². The van der Waals surface area contributed by atoms with Crippen molar-refractivity contribution in [3.05, 3.63) is 28.2 Å². The summed E-state index contributed by atoms with van der Waals surface area (Å²) in [7, 11) is 0. The van der Waals surface area contributed by atoms with Crippen LogP contribution in [-0.2, 0) is 0 Å². The number of aromatic hydroxyl groups is 1. The van der Waals surface area contributed by atoms with Gasteiger partial charge in [0.15, 0.2) is 0 Å². The van der Waals surface area contributed by atoms with Crippen molar-refractivity contribution in [3.63, 3.8) is 0 Å². The second-order valence-electron chi connectivity index (χ2n) is 3.94. The number of phenolic OH excluding ortho intramolecular Hbond substituents is 1. The van der Waals surface area contributed by atoms with E-state index in [0.29, 0.717) is 12.0 Å². The van der Waals surface area contributed by atoms with Crippen LogP contribution in [0, 0.1) is 0 Å². The van der Waals surface area contributed by atoms with Gasteiger partial charge in [-0.15, -0.1) is 0 Å². The maximum Gasteiger partial charge on any atom is 0.121 e. The summed E-state index contributed by atoms with van der Waals surface area (Å²) in [5.41, 5.74) is 6.49. The van der Waals surface area contributed by atoms with Gasteiger partial charge < -0.3 is 15.9 Å². The molecule has 0 heterocycles. The third-order valence-corrected chi connectivity index (χ3v) is 3.11. The van der Waals surface area contributed by atoms with E-state index < -0.39 is 12.1 Å². The fraction of sp³-hybridized carbons (Fsp3) is 0.500. The first-order valence-electron chi connectivity index (χ1n) is 5.48. The molecule has 0 saturated heterocycles. The Morgan fingerprint density at radius 2 is 2.12 bits per heavy atom. The number of hydrogen-bond donors (Lipinski definition) is 3. The van der Waals surface area contributed by atoms with E-state index in [-0.39, 0.29) is 5.75 Å². The van der Waals surface area contributed by atoms with E-state index in [4.69, 9.17) is 5.73 Å². The van der Waals surface area contributed by atoms with Gasteiger partial charge in [-0.05, 0) is 18.6 Å². The summed E-state index contributed by atoms with van der Waals surface area (Å²) in [6.07, 6.45) is 2.02. The van der Waals surface area contributed by atoms with Crippen LogP contribution in [0.3, 0.4) is 0 Å². The molecule has 1 rings (SSSR count). The van der Waals surface area contributed by atoms with E-state index in [1.54, 1.807) is 18.2 Å². The Morgan fingerprint density at radius 1 is 1.44 bits per heavy atom. The van der Waals surface area contributed by atoms with Gasteiger partial charge in [0, 0.05) is 10.0 Å². The highest BCUT2D eigenvalue weighted by Crippen LogP contribution is 2.29. The maximum absolute atomic E-state index is 9.85. The minimum absolute atomic E-state index is 0.123. The van der Waals surface area contributed by atoms with Gasteiger partial charge in [-0.1, -0.05) is 41.8 Å². The minimum Gasteiger partial charge on any atom is -0.508 e. The number of benzene rings is 1. The van der Waals surface area contributed by atoms with Gasteiger partial charge in [0.2, 0.25) is 0 Å². The van der Waals surface area contributed by atoms with Gasteiger partial charge in [-0.25, -0.2) is 0 Å². The number of hydrogen-bond acceptors (Lipinski definition) is 3. The fourth-order valence-corrected chi connectivity index (χ4v) is 1.95. The van der Waals surface area contributed by atoms with Crippen LogP contribution in [0.5, 0.6) is 5.75 Å². The van der Waals surface area contributed by atoms with E-state index >= 15 is 0 Å². The van der Waals surface area contributed by atoms with Crippen LogP contribution >= 0.6 is 15.9 Å². The quantitative estimate of drug-likeness (QED) is 0.780. The predicted molar refractivity (Wildman–Crippen MR) is 68.3 cm³/mol. The van der Waals surface area contributed by atoms with E-state index in [1.807, 2.05) is 0 Å². The normalized spacial score (nSPS) is 14.8. The highest BCUT2D eigenvalue weighted by Gasteiger charge is 2.19. The van der Waals surface area contributed by atoms with Gasteiger partial charge in [-0.2, -0.15) is 0 Å². The zero-order valence-corrected chi connectivity index (χ0v) is 10.9. The lowest BCUT2D eigenvalue weighted by molar-refractivity contribution is 0.131. The molecular formula is C12H18BrNO2. The topological polar surface area (TPSA) is 66.5 Å². The number of unbranched alkanes of at least 4 members (excludes halogenated alkanes) is 1. The lowest BCUT2D eigenvalue weighted by Crippen LogP contribution is -2.26. The maximum atomic E-state index is 9.85. The first-order chi connectivity index (χ1) is 7.56. The molecule has 0 spiro atoms. The molecular weight excluding hydrogens is 270 g/mol. The molecule has 4 N–H and O–H groups in total. The second kappa shape index (κ2) is 6.23. The summed E-state index contributed by atoms with van der Waals surface area (Å²) in [6.45, 7) is 2.06. The third kappa shape index (κ3) is 3.47. The Hall–Kier alpha value is -0.580. The molecule has 0 aliphatic carbocycles. The summed E-state index contributed by atoms with van der Waals surface area (Å²) in [5, 5.41) is 19.6. The summed E-state index contributed by atoms with van der Waals surface area (Å²) in [5.74, 6) is 0.123. The smallest absolute Gasteiger partial charge is 0.121 e. The van der Waals surface area contributed by atoms with Crippen molar-refractivity contribution in [1.82, 2.24) is 0 Å². The number of phenols is 1. The second-order valence-corrected chi connectivity index (χ2v) is 4.85. The molecule has 2 atom stereocenters. The van der Waals surface area contributed by atoms with Crippen molar-refractivity contribution >= 4 is 15.9 Å². The van der Waals surface area contributed by atoms with Crippen LogP contribution < -0.4 is 5.73 Å². The van der Waals surface area contributed by atoms with Crippen LogP contribution in [0.25, 0.3) is 0 Å². The van der Waals surface area contributed by atoms with Crippen molar-refractivity contribution in [1.29, 1.82) is 0 Å². The first kappa shape index (κ1) is 13.5. The molecule has 0 aromatic heterocycles. The molecule has 0 fully saturated rings. The molecule has 0 aliphatic rings. The van der Waals surface area contributed by atoms with E-state index in [0.717, 1.165) is 17.3 Å². The SMILES string of the molecule is CCCC[C@H](O)[C@H](N)c1ccc(Br)cc1O. The summed E-state index contributed by atoms with van der Waals surface area (Å²) in [6, 6.07) is 4.60. The fourth-order valence-electron chi connectivity index (χ4n) is 1.60. The molecule has 0 aliphatic heterocycles. The van der Waals surface area contributed by atoms with Crippen LogP contribution in [0.15, 0.2) is 22.7 Å². The number of aliphatic hydroxyl groups is 1. The van der Waals surface area contributed by atoms with Crippen LogP contribution in [0.2, 0.25) is 0 Å². The van der Waals surface area contributed by atoms with Gasteiger partial charge in [0.1, 0.15) is 5.75 Å². The Balaban J connectivity index is 2.75. The van der Waals surface area contributed by atoms with Crippen LogP contribution in [0.4, 0.5) is 0 Å². The number of halogens is 1. The standard InChI is InChI=1S/C12H18BrNO2/c1-2-3-4-10(15)12(14)9-6-5-8(13)7-11(9)16/h5-7,10,12,15-16H,2-4,14H2,1H3/t10-,12+/m0/s1. The Bertz CT molecular complexity index is 344. The average Bonchev–Trinajstić information content (AvgIpc) is 2.25. The molecule has 90 valence electrons. The van der Waals surface area contributed by atoms with Crippen LogP contribution in [0.1, 0.15) is 37.8 Å². The minimum atomic E-state index is -0.605. The lowest BCUT2D eigenvalue weighted by Gasteiger charge is -2.20. The molecule has 0 unspecified atom stereocenters. The summed E-state index contributed by atoms with van der Waals surface area (Å²) in [4.78, 5) is 0. The number of aliphatic hydroxyl groups excluding tert-OH is 1. The Morgan fingerprint density at radius 3 is 2.69 bits per heavy atom. The molecule has 16 heavy (non-hydrogen) atoms. The van der Waals surface area contributed by atoms with Crippen molar-refractivity contribution in [2.24, 2.45) is 5.73 Å². The molecule has 1 aromatic rings. The summed E-state index contributed by atoms with van der Waals surface area (Å²) >= 11 is 3.26. The summed E-state index contributed by atoms with van der Waals surface area (Å²) < 4.78 is 0.795. The van der Waals surface area contributed by atoms with Gasteiger partial charge in [0.05, 0.1) is 12.1 Å². The Labute approximate surface area is 104 Å². The zero-order chi connectivity index (χ0) is 12.1. The van der Waals surface area contributed by atoms with Gasteiger partial charge >= 0.3 is 0 Å². The van der Waals surface area contributed by atoms with Crippen molar-refractivity contribution in [2.45, 2.75) is 38.3 Å². The highest BCUT2D eigenvalue weighted by atomic mass is 79.9. The predicted octanol–water partition coefficient (Wildman–Crippen LogP) is 2.71. The molecule has 0 radical (unpaired) electrons. The first-order valence-corrected chi connectivity index (χ1v) is 6.27.